The minimum atomic E-state index is 0.249. The van der Waals surface area contributed by atoms with Crippen LogP contribution in [0.2, 0.25) is 0 Å². The van der Waals surface area contributed by atoms with Crippen LogP contribution < -0.4 is 5.32 Å². The van der Waals surface area contributed by atoms with Crippen molar-refractivity contribution in [1.82, 2.24) is 15.2 Å². The van der Waals surface area contributed by atoms with Crippen molar-refractivity contribution in [2.24, 2.45) is 0 Å². The van der Waals surface area contributed by atoms with Crippen molar-refractivity contribution in [1.29, 1.82) is 0 Å². The first kappa shape index (κ1) is 11.7. The van der Waals surface area contributed by atoms with Crippen LogP contribution in [-0.2, 0) is 0 Å². The maximum atomic E-state index is 5.89. The van der Waals surface area contributed by atoms with Gasteiger partial charge >= 0.3 is 0 Å². The topological polar surface area (TPSA) is 41.3 Å². The molecule has 1 aliphatic rings. The fourth-order valence-electron chi connectivity index (χ4n) is 2.51. The normalized spacial score (nSPS) is 19.2. The van der Waals surface area contributed by atoms with Crippen molar-refractivity contribution >= 4 is 11.1 Å². The quantitative estimate of drug-likeness (QED) is 0.879. The zero-order chi connectivity index (χ0) is 12.5. The third-order valence-corrected chi connectivity index (χ3v) is 3.69. The molecule has 1 unspecified atom stereocenters. The number of nitrogens with one attached hydrogen (secondary N) is 1. The number of fused-ring (bicyclic) bond motifs is 1. The molecule has 0 radical (unpaired) electrons. The largest absolute Gasteiger partial charge is 0.439 e. The molecule has 1 aliphatic heterocycles. The summed E-state index contributed by atoms with van der Waals surface area (Å²) in [4.78, 5) is 7.07. The molecule has 1 saturated heterocycles. The molecule has 2 aromatic rings. The Morgan fingerprint density at radius 1 is 1.33 bits per heavy atom. The number of oxazole rings is 1. The summed E-state index contributed by atoms with van der Waals surface area (Å²) < 4.78 is 5.89. The number of hydrogen-bond acceptors (Lipinski definition) is 4. The minimum absolute atomic E-state index is 0.249. The van der Waals surface area contributed by atoms with E-state index in [-0.39, 0.29) is 6.04 Å². The maximum Gasteiger partial charge on any atom is 0.212 e. The van der Waals surface area contributed by atoms with E-state index in [1.807, 2.05) is 12.1 Å². The molecule has 1 N–H and O–H groups in total. The van der Waals surface area contributed by atoms with Crippen LogP contribution in [0.4, 0.5) is 0 Å². The molecule has 1 atom stereocenters. The standard InChI is InChI=1S/C14H19N3O/c1-10-4-3-5-12-13(10)16-14(18-12)11(2)17-8-6-15-7-9-17/h3-5,11,15H,6-9H2,1-2H3. The van der Waals surface area contributed by atoms with Gasteiger partial charge in [0.1, 0.15) is 5.52 Å². The maximum absolute atomic E-state index is 5.89. The predicted molar refractivity (Wildman–Crippen MR) is 71.6 cm³/mol. The van der Waals surface area contributed by atoms with Crippen molar-refractivity contribution < 1.29 is 4.42 Å². The second kappa shape index (κ2) is 4.71. The van der Waals surface area contributed by atoms with E-state index in [2.05, 4.69) is 35.1 Å². The van der Waals surface area contributed by atoms with Gasteiger partial charge in [0.15, 0.2) is 5.58 Å². The molecule has 1 aromatic carbocycles. The zero-order valence-corrected chi connectivity index (χ0v) is 10.9. The zero-order valence-electron chi connectivity index (χ0n) is 10.9. The number of aryl methyl sites for hydroxylation is 1. The van der Waals surface area contributed by atoms with Crippen LogP contribution in [-0.4, -0.2) is 36.1 Å². The lowest BCUT2D eigenvalue weighted by Gasteiger charge is -2.30. The summed E-state index contributed by atoms with van der Waals surface area (Å²) in [6, 6.07) is 6.33. The lowest BCUT2D eigenvalue weighted by Crippen LogP contribution is -2.44. The van der Waals surface area contributed by atoms with Crippen LogP contribution in [0, 0.1) is 6.92 Å². The highest BCUT2D eigenvalue weighted by molar-refractivity contribution is 5.76. The molecule has 4 heteroatoms. The van der Waals surface area contributed by atoms with Crippen molar-refractivity contribution in [3.05, 3.63) is 29.7 Å². The minimum Gasteiger partial charge on any atom is -0.439 e. The molecule has 0 aliphatic carbocycles. The Labute approximate surface area is 107 Å². The van der Waals surface area contributed by atoms with Crippen LogP contribution in [0.5, 0.6) is 0 Å². The molecular weight excluding hydrogens is 226 g/mol. The molecule has 1 fully saturated rings. The molecule has 0 amide bonds. The van der Waals surface area contributed by atoms with Crippen LogP contribution in [0.1, 0.15) is 24.4 Å². The van der Waals surface area contributed by atoms with Crippen molar-refractivity contribution in [3.63, 3.8) is 0 Å². The molecule has 0 saturated carbocycles. The number of piperazine rings is 1. The number of para-hydroxylation sites is 1. The van der Waals surface area contributed by atoms with E-state index in [1.165, 1.54) is 5.56 Å². The summed E-state index contributed by atoms with van der Waals surface area (Å²) in [5.41, 5.74) is 3.07. The number of hydrogen-bond donors (Lipinski definition) is 1. The van der Waals surface area contributed by atoms with Gasteiger partial charge in [-0.2, -0.15) is 0 Å². The Morgan fingerprint density at radius 3 is 2.83 bits per heavy atom. The number of aromatic nitrogens is 1. The van der Waals surface area contributed by atoms with Crippen LogP contribution in [0.3, 0.4) is 0 Å². The van der Waals surface area contributed by atoms with Crippen LogP contribution in [0.15, 0.2) is 22.6 Å². The third-order valence-electron chi connectivity index (χ3n) is 3.69. The van der Waals surface area contributed by atoms with Crippen LogP contribution >= 0.6 is 0 Å². The monoisotopic (exact) mass is 245 g/mol. The van der Waals surface area contributed by atoms with E-state index in [1.54, 1.807) is 0 Å². The van der Waals surface area contributed by atoms with E-state index < -0.39 is 0 Å². The molecule has 4 nitrogen and oxygen atoms in total. The Kier molecular flexibility index (Phi) is 3.06. The fourth-order valence-corrected chi connectivity index (χ4v) is 2.51. The summed E-state index contributed by atoms with van der Waals surface area (Å²) in [5.74, 6) is 0.834. The second-order valence-electron chi connectivity index (χ2n) is 4.94. The average Bonchev–Trinajstić information content (AvgIpc) is 2.84. The van der Waals surface area contributed by atoms with E-state index in [0.717, 1.165) is 43.2 Å². The highest BCUT2D eigenvalue weighted by Crippen LogP contribution is 2.25. The molecule has 0 bridgehead atoms. The van der Waals surface area contributed by atoms with Gasteiger partial charge in [0.25, 0.3) is 0 Å². The number of benzene rings is 1. The molecule has 3 rings (SSSR count). The van der Waals surface area contributed by atoms with Gasteiger partial charge in [0.05, 0.1) is 6.04 Å². The first-order valence-corrected chi connectivity index (χ1v) is 6.56. The summed E-state index contributed by atoms with van der Waals surface area (Å²) in [6.45, 7) is 8.44. The lowest BCUT2D eigenvalue weighted by molar-refractivity contribution is 0.164. The predicted octanol–water partition coefficient (Wildman–Crippen LogP) is 2.10. The second-order valence-corrected chi connectivity index (χ2v) is 4.94. The summed E-state index contributed by atoms with van der Waals surface area (Å²) in [6.07, 6.45) is 0. The van der Waals surface area contributed by atoms with Gasteiger partial charge in [-0.05, 0) is 25.5 Å². The van der Waals surface area contributed by atoms with E-state index >= 15 is 0 Å². The van der Waals surface area contributed by atoms with Gasteiger partial charge in [-0.3, -0.25) is 4.90 Å². The molecule has 18 heavy (non-hydrogen) atoms. The van der Waals surface area contributed by atoms with Gasteiger partial charge in [-0.1, -0.05) is 12.1 Å². The van der Waals surface area contributed by atoms with E-state index in [0.29, 0.717) is 0 Å². The lowest BCUT2D eigenvalue weighted by atomic mass is 10.2. The molecule has 0 spiro atoms. The molecule has 1 aromatic heterocycles. The first-order chi connectivity index (χ1) is 8.75. The SMILES string of the molecule is Cc1cccc2oc(C(C)N3CCNCC3)nc12. The Hall–Kier alpha value is -1.39. The Morgan fingerprint density at radius 2 is 2.11 bits per heavy atom. The van der Waals surface area contributed by atoms with Crippen molar-refractivity contribution in [2.45, 2.75) is 19.9 Å². The van der Waals surface area contributed by atoms with E-state index in [4.69, 9.17) is 4.42 Å². The summed E-state index contributed by atoms with van der Waals surface area (Å²) in [7, 11) is 0. The van der Waals surface area contributed by atoms with Gasteiger partial charge in [-0.15, -0.1) is 0 Å². The molecular formula is C14H19N3O. The first-order valence-electron chi connectivity index (χ1n) is 6.56. The Bertz CT molecular complexity index is 543. The Balaban J connectivity index is 1.91. The van der Waals surface area contributed by atoms with Gasteiger partial charge in [0, 0.05) is 26.2 Å². The summed E-state index contributed by atoms with van der Waals surface area (Å²) >= 11 is 0. The van der Waals surface area contributed by atoms with Crippen molar-refractivity contribution in [3.8, 4) is 0 Å². The number of rotatable bonds is 2. The van der Waals surface area contributed by atoms with Crippen molar-refractivity contribution in [2.75, 3.05) is 26.2 Å². The van der Waals surface area contributed by atoms with Gasteiger partial charge in [0.2, 0.25) is 5.89 Å². The fraction of sp³-hybridized carbons (Fsp3) is 0.500. The third kappa shape index (κ3) is 2.02. The smallest absolute Gasteiger partial charge is 0.212 e. The summed E-state index contributed by atoms with van der Waals surface area (Å²) in [5, 5.41) is 3.36. The average molecular weight is 245 g/mol. The number of nitrogens with zero attached hydrogens (tertiary/aromatic N) is 2. The molecule has 2 heterocycles. The highest BCUT2D eigenvalue weighted by Gasteiger charge is 2.22. The molecule has 96 valence electrons. The van der Waals surface area contributed by atoms with Crippen LogP contribution in [0.25, 0.3) is 11.1 Å². The van der Waals surface area contributed by atoms with Gasteiger partial charge in [-0.25, -0.2) is 4.98 Å². The van der Waals surface area contributed by atoms with Gasteiger partial charge < -0.3 is 9.73 Å². The van der Waals surface area contributed by atoms with E-state index in [9.17, 15) is 0 Å². The highest BCUT2D eigenvalue weighted by atomic mass is 16.3.